The first kappa shape index (κ1) is 8.72. The molecule has 0 radical (unpaired) electrons. The molecule has 1 aromatic heterocycles. The SMILES string of the molecule is Cn1nc(C2CCNC2)cc1CO. The predicted molar refractivity (Wildman–Crippen MR) is 49.4 cm³/mol. The summed E-state index contributed by atoms with van der Waals surface area (Å²) in [6.07, 6.45) is 1.15. The molecule has 0 aromatic carbocycles. The molecular weight excluding hydrogens is 166 g/mol. The highest BCUT2D eigenvalue weighted by atomic mass is 16.3. The van der Waals surface area contributed by atoms with Crippen molar-refractivity contribution in [1.82, 2.24) is 15.1 Å². The van der Waals surface area contributed by atoms with E-state index in [9.17, 15) is 0 Å². The molecule has 2 N–H and O–H groups in total. The highest BCUT2D eigenvalue weighted by molar-refractivity contribution is 5.15. The van der Waals surface area contributed by atoms with E-state index >= 15 is 0 Å². The zero-order valence-corrected chi connectivity index (χ0v) is 7.82. The third-order valence-corrected chi connectivity index (χ3v) is 2.64. The molecule has 13 heavy (non-hydrogen) atoms. The maximum atomic E-state index is 9.00. The fourth-order valence-corrected chi connectivity index (χ4v) is 1.78. The lowest BCUT2D eigenvalue weighted by atomic mass is 10.1. The first-order valence-corrected chi connectivity index (χ1v) is 4.65. The normalized spacial score (nSPS) is 22.5. The molecule has 72 valence electrons. The number of aliphatic hydroxyl groups is 1. The van der Waals surface area contributed by atoms with E-state index in [1.807, 2.05) is 13.1 Å². The lowest BCUT2D eigenvalue weighted by Crippen LogP contribution is -2.08. The fourth-order valence-electron chi connectivity index (χ4n) is 1.78. The Labute approximate surface area is 77.6 Å². The highest BCUT2D eigenvalue weighted by Crippen LogP contribution is 2.21. The molecule has 0 saturated carbocycles. The van der Waals surface area contributed by atoms with Gasteiger partial charge in [-0.2, -0.15) is 5.10 Å². The molecule has 1 aliphatic heterocycles. The number of nitrogens with one attached hydrogen (secondary N) is 1. The van der Waals surface area contributed by atoms with Crippen LogP contribution >= 0.6 is 0 Å². The molecule has 0 spiro atoms. The number of nitrogens with zero attached hydrogens (tertiary/aromatic N) is 2. The van der Waals surface area contributed by atoms with Crippen molar-refractivity contribution in [2.24, 2.45) is 7.05 Å². The second kappa shape index (κ2) is 3.47. The lowest BCUT2D eigenvalue weighted by molar-refractivity contribution is 0.270. The smallest absolute Gasteiger partial charge is 0.0849 e. The largest absolute Gasteiger partial charge is 0.390 e. The molecule has 0 amide bonds. The van der Waals surface area contributed by atoms with Gasteiger partial charge in [-0.1, -0.05) is 0 Å². The van der Waals surface area contributed by atoms with Gasteiger partial charge in [0.2, 0.25) is 0 Å². The van der Waals surface area contributed by atoms with Gasteiger partial charge in [-0.15, -0.1) is 0 Å². The van der Waals surface area contributed by atoms with E-state index in [1.165, 1.54) is 0 Å². The number of aromatic nitrogens is 2. The van der Waals surface area contributed by atoms with Gasteiger partial charge >= 0.3 is 0 Å². The highest BCUT2D eigenvalue weighted by Gasteiger charge is 2.19. The van der Waals surface area contributed by atoms with Crippen molar-refractivity contribution in [2.45, 2.75) is 18.9 Å². The molecule has 2 rings (SSSR count). The maximum Gasteiger partial charge on any atom is 0.0849 e. The molecule has 2 heterocycles. The van der Waals surface area contributed by atoms with E-state index in [0.29, 0.717) is 5.92 Å². The molecule has 1 saturated heterocycles. The number of aryl methyl sites for hydroxylation is 1. The number of rotatable bonds is 2. The monoisotopic (exact) mass is 181 g/mol. The molecule has 1 atom stereocenters. The summed E-state index contributed by atoms with van der Waals surface area (Å²) in [5, 5.41) is 16.7. The van der Waals surface area contributed by atoms with Crippen molar-refractivity contribution in [3.63, 3.8) is 0 Å². The van der Waals surface area contributed by atoms with Crippen LogP contribution in [0.3, 0.4) is 0 Å². The minimum Gasteiger partial charge on any atom is -0.390 e. The van der Waals surface area contributed by atoms with Crippen LogP contribution < -0.4 is 5.32 Å². The number of aliphatic hydroxyl groups excluding tert-OH is 1. The molecule has 1 fully saturated rings. The van der Waals surface area contributed by atoms with Crippen molar-refractivity contribution in [2.75, 3.05) is 13.1 Å². The summed E-state index contributed by atoms with van der Waals surface area (Å²) < 4.78 is 1.76. The van der Waals surface area contributed by atoms with Crippen LogP contribution in [0.5, 0.6) is 0 Å². The van der Waals surface area contributed by atoms with E-state index in [0.717, 1.165) is 30.9 Å². The van der Waals surface area contributed by atoms with Gasteiger partial charge in [0.1, 0.15) is 0 Å². The third-order valence-electron chi connectivity index (χ3n) is 2.64. The average Bonchev–Trinajstić information content (AvgIpc) is 2.71. The summed E-state index contributed by atoms with van der Waals surface area (Å²) in [7, 11) is 1.87. The van der Waals surface area contributed by atoms with Crippen LogP contribution in [0, 0.1) is 0 Å². The van der Waals surface area contributed by atoms with Gasteiger partial charge in [0.05, 0.1) is 18.0 Å². The van der Waals surface area contributed by atoms with Crippen LogP contribution in [0.25, 0.3) is 0 Å². The zero-order chi connectivity index (χ0) is 9.26. The van der Waals surface area contributed by atoms with Gasteiger partial charge in [0.15, 0.2) is 0 Å². The minimum absolute atomic E-state index is 0.0731. The maximum absolute atomic E-state index is 9.00. The van der Waals surface area contributed by atoms with E-state index < -0.39 is 0 Å². The number of hydrogen-bond donors (Lipinski definition) is 2. The van der Waals surface area contributed by atoms with Crippen LogP contribution in [-0.4, -0.2) is 28.0 Å². The summed E-state index contributed by atoms with van der Waals surface area (Å²) >= 11 is 0. The van der Waals surface area contributed by atoms with Crippen molar-refractivity contribution in [1.29, 1.82) is 0 Å². The van der Waals surface area contributed by atoms with Crippen LogP contribution in [0.15, 0.2) is 6.07 Å². The zero-order valence-electron chi connectivity index (χ0n) is 7.82. The summed E-state index contributed by atoms with van der Waals surface area (Å²) in [6.45, 7) is 2.17. The van der Waals surface area contributed by atoms with Crippen LogP contribution in [0.4, 0.5) is 0 Å². The Kier molecular flexibility index (Phi) is 2.33. The summed E-state index contributed by atoms with van der Waals surface area (Å²) in [5.74, 6) is 0.534. The molecule has 0 bridgehead atoms. The fraction of sp³-hybridized carbons (Fsp3) is 0.667. The minimum atomic E-state index is 0.0731. The first-order chi connectivity index (χ1) is 6.31. The van der Waals surface area contributed by atoms with Gasteiger partial charge in [0.25, 0.3) is 0 Å². The van der Waals surface area contributed by atoms with Gasteiger partial charge in [-0.05, 0) is 19.0 Å². The predicted octanol–water partition coefficient (Wildman–Crippen LogP) is -0.0107. The summed E-state index contributed by atoms with van der Waals surface area (Å²) in [4.78, 5) is 0. The van der Waals surface area contributed by atoms with E-state index in [4.69, 9.17) is 5.11 Å². The molecule has 1 unspecified atom stereocenters. The Balaban J connectivity index is 2.20. The van der Waals surface area contributed by atoms with Crippen molar-refractivity contribution < 1.29 is 5.11 Å². The third kappa shape index (κ3) is 1.59. The van der Waals surface area contributed by atoms with Gasteiger partial charge < -0.3 is 10.4 Å². The van der Waals surface area contributed by atoms with E-state index in [-0.39, 0.29) is 6.61 Å². The second-order valence-corrected chi connectivity index (χ2v) is 3.53. The van der Waals surface area contributed by atoms with Gasteiger partial charge in [-0.25, -0.2) is 0 Å². The standard InChI is InChI=1S/C9H15N3O/c1-12-8(6-13)4-9(11-12)7-2-3-10-5-7/h4,7,10,13H,2-3,5-6H2,1H3. The van der Waals surface area contributed by atoms with E-state index in [1.54, 1.807) is 4.68 Å². The molecule has 1 aliphatic rings. The quantitative estimate of drug-likeness (QED) is 0.674. The van der Waals surface area contributed by atoms with Crippen molar-refractivity contribution in [3.8, 4) is 0 Å². The molecular formula is C9H15N3O. The molecule has 0 aliphatic carbocycles. The van der Waals surface area contributed by atoms with Crippen molar-refractivity contribution >= 4 is 0 Å². The van der Waals surface area contributed by atoms with Gasteiger partial charge in [0, 0.05) is 19.5 Å². The Morgan fingerprint density at radius 3 is 3.15 bits per heavy atom. The van der Waals surface area contributed by atoms with Crippen LogP contribution in [0.1, 0.15) is 23.7 Å². The molecule has 4 heteroatoms. The first-order valence-electron chi connectivity index (χ1n) is 4.65. The van der Waals surface area contributed by atoms with Crippen LogP contribution in [0.2, 0.25) is 0 Å². The summed E-state index contributed by atoms with van der Waals surface area (Å²) in [5.41, 5.74) is 2.00. The van der Waals surface area contributed by atoms with E-state index in [2.05, 4.69) is 10.4 Å². The lowest BCUT2D eigenvalue weighted by Gasteiger charge is -2.01. The topological polar surface area (TPSA) is 50.1 Å². The summed E-state index contributed by atoms with van der Waals surface area (Å²) in [6, 6.07) is 2.00. The second-order valence-electron chi connectivity index (χ2n) is 3.53. The Hall–Kier alpha value is -0.870. The van der Waals surface area contributed by atoms with Crippen molar-refractivity contribution in [3.05, 3.63) is 17.5 Å². The number of hydrogen-bond acceptors (Lipinski definition) is 3. The Morgan fingerprint density at radius 1 is 1.77 bits per heavy atom. The average molecular weight is 181 g/mol. The molecule has 4 nitrogen and oxygen atoms in total. The Morgan fingerprint density at radius 2 is 2.62 bits per heavy atom. The van der Waals surface area contributed by atoms with Crippen LogP contribution in [-0.2, 0) is 13.7 Å². The molecule has 1 aromatic rings. The Bertz CT molecular complexity index is 289. The van der Waals surface area contributed by atoms with Gasteiger partial charge in [-0.3, -0.25) is 4.68 Å².